The number of hydrogen-bond acceptors (Lipinski definition) is 3. The van der Waals surface area contributed by atoms with Gasteiger partial charge in [-0.2, -0.15) is 5.10 Å². The summed E-state index contributed by atoms with van der Waals surface area (Å²) in [6.07, 6.45) is 5.27. The van der Waals surface area contributed by atoms with Crippen molar-refractivity contribution in [1.82, 2.24) is 5.43 Å². The van der Waals surface area contributed by atoms with Gasteiger partial charge in [-0.05, 0) is 80.7 Å². The highest BCUT2D eigenvalue weighted by Crippen LogP contribution is 2.19. The van der Waals surface area contributed by atoms with Gasteiger partial charge in [0.25, 0.3) is 0 Å². The van der Waals surface area contributed by atoms with E-state index >= 15 is 0 Å². The molecule has 2 aromatic rings. The van der Waals surface area contributed by atoms with E-state index in [1.807, 2.05) is 0 Å². The minimum absolute atomic E-state index is 0.0166. The molecule has 0 spiro atoms. The molecule has 0 bridgehead atoms. The molecule has 0 aliphatic rings. The molecule has 3 nitrogen and oxygen atoms in total. The number of carbonyl (C=O) groups is 1. The van der Waals surface area contributed by atoms with Gasteiger partial charge in [0.05, 0.1) is 6.21 Å². The van der Waals surface area contributed by atoms with Crippen molar-refractivity contribution in [3.63, 3.8) is 0 Å². The number of unbranched alkanes of at least 4 members (excludes halogenated alkanes) is 1. The summed E-state index contributed by atoms with van der Waals surface area (Å²) in [5.74, 6) is -0.0166. The second kappa shape index (κ2) is 8.78. The van der Waals surface area contributed by atoms with Crippen LogP contribution < -0.4 is 5.43 Å². The Labute approximate surface area is 148 Å². The molecule has 0 aliphatic carbocycles. The predicted octanol–water partition coefficient (Wildman–Crippen LogP) is 4.84. The monoisotopic (exact) mass is 342 g/mol. The first-order valence-corrected chi connectivity index (χ1v) is 9.28. The lowest BCUT2D eigenvalue weighted by Crippen LogP contribution is -2.17. The molecule has 128 valence electrons. The minimum Gasteiger partial charge on any atom is -0.273 e. The molecule has 1 heterocycles. The Morgan fingerprint density at radius 1 is 1.17 bits per heavy atom. The van der Waals surface area contributed by atoms with Crippen LogP contribution in [0, 0.1) is 27.7 Å². The Bertz CT molecular complexity index is 691. The van der Waals surface area contributed by atoms with E-state index in [-0.39, 0.29) is 5.91 Å². The lowest BCUT2D eigenvalue weighted by Gasteiger charge is -2.11. The third-order valence-electron chi connectivity index (χ3n) is 4.46. The third-order valence-corrected chi connectivity index (χ3v) is 5.40. The molecular formula is C20H26N2OS. The maximum absolute atomic E-state index is 11.9. The average Bonchev–Trinajstić information content (AvgIpc) is 3.06. The van der Waals surface area contributed by atoms with Gasteiger partial charge in [-0.15, -0.1) is 11.3 Å². The Morgan fingerprint density at radius 3 is 2.50 bits per heavy atom. The topological polar surface area (TPSA) is 41.5 Å². The molecule has 1 amide bonds. The fourth-order valence-electron chi connectivity index (χ4n) is 2.71. The Morgan fingerprint density at radius 2 is 1.88 bits per heavy atom. The minimum atomic E-state index is -0.0166. The summed E-state index contributed by atoms with van der Waals surface area (Å²) in [5.41, 5.74) is 8.68. The standard InChI is InChI=1S/C20H26N2OS/c1-14-12-15(2)17(4)19(16(14)3)13-21-22-20(23)10-6-5-8-18-9-7-11-24-18/h7,9,11-13H,5-6,8,10H2,1-4H3,(H,22,23)/b21-13-. The van der Waals surface area contributed by atoms with Crippen molar-refractivity contribution in [2.75, 3.05) is 0 Å². The van der Waals surface area contributed by atoms with Gasteiger partial charge in [-0.3, -0.25) is 4.79 Å². The van der Waals surface area contributed by atoms with Gasteiger partial charge in [-0.25, -0.2) is 5.43 Å². The number of hydrogen-bond donors (Lipinski definition) is 1. The van der Waals surface area contributed by atoms with E-state index in [1.165, 1.54) is 27.1 Å². The highest BCUT2D eigenvalue weighted by Gasteiger charge is 2.06. The van der Waals surface area contributed by atoms with Crippen LogP contribution in [0.1, 0.15) is 52.0 Å². The first-order valence-electron chi connectivity index (χ1n) is 8.40. The van der Waals surface area contributed by atoms with E-state index in [0.29, 0.717) is 6.42 Å². The lowest BCUT2D eigenvalue weighted by molar-refractivity contribution is -0.121. The van der Waals surface area contributed by atoms with Gasteiger partial charge >= 0.3 is 0 Å². The second-order valence-electron chi connectivity index (χ2n) is 6.25. The van der Waals surface area contributed by atoms with Crippen LogP contribution in [0.5, 0.6) is 0 Å². The Hall–Kier alpha value is -1.94. The second-order valence-corrected chi connectivity index (χ2v) is 7.29. The highest BCUT2D eigenvalue weighted by molar-refractivity contribution is 7.09. The Balaban J connectivity index is 1.80. The molecule has 1 aromatic heterocycles. The zero-order valence-electron chi connectivity index (χ0n) is 15.0. The number of nitrogens with one attached hydrogen (secondary N) is 1. The molecule has 1 aromatic carbocycles. The average molecular weight is 343 g/mol. The number of hydrazone groups is 1. The summed E-state index contributed by atoms with van der Waals surface area (Å²) in [6.45, 7) is 8.39. The molecule has 0 aliphatic heterocycles. The molecule has 0 saturated carbocycles. The molecule has 4 heteroatoms. The number of aryl methyl sites for hydroxylation is 3. The molecule has 0 unspecified atom stereocenters. The van der Waals surface area contributed by atoms with Crippen molar-refractivity contribution in [2.45, 2.75) is 53.4 Å². The third kappa shape index (κ3) is 5.03. The molecular weight excluding hydrogens is 316 g/mol. The molecule has 0 saturated heterocycles. The van der Waals surface area contributed by atoms with E-state index in [1.54, 1.807) is 17.6 Å². The van der Waals surface area contributed by atoms with Crippen LogP contribution in [0.3, 0.4) is 0 Å². The van der Waals surface area contributed by atoms with Crippen molar-refractivity contribution >= 4 is 23.5 Å². The summed E-state index contributed by atoms with van der Waals surface area (Å²) in [6, 6.07) is 6.40. The van der Waals surface area contributed by atoms with Crippen LogP contribution in [-0.2, 0) is 11.2 Å². The van der Waals surface area contributed by atoms with E-state index < -0.39 is 0 Å². The van der Waals surface area contributed by atoms with Gasteiger partial charge in [0.15, 0.2) is 0 Å². The van der Waals surface area contributed by atoms with Gasteiger partial charge in [0, 0.05) is 16.9 Å². The van der Waals surface area contributed by atoms with Crippen LogP contribution in [-0.4, -0.2) is 12.1 Å². The van der Waals surface area contributed by atoms with E-state index in [2.05, 4.69) is 61.8 Å². The Kier molecular flexibility index (Phi) is 6.73. The summed E-state index contributed by atoms with van der Waals surface area (Å²) in [4.78, 5) is 13.3. The lowest BCUT2D eigenvalue weighted by atomic mass is 9.95. The van der Waals surface area contributed by atoms with Crippen molar-refractivity contribution in [3.05, 3.63) is 56.3 Å². The first kappa shape index (κ1) is 18.4. The largest absolute Gasteiger partial charge is 0.273 e. The van der Waals surface area contributed by atoms with Crippen LogP contribution in [0.15, 0.2) is 28.7 Å². The van der Waals surface area contributed by atoms with Crippen LogP contribution >= 0.6 is 11.3 Å². The van der Waals surface area contributed by atoms with Crippen LogP contribution in [0.2, 0.25) is 0 Å². The highest BCUT2D eigenvalue weighted by atomic mass is 32.1. The van der Waals surface area contributed by atoms with Gasteiger partial charge in [-0.1, -0.05) is 12.1 Å². The number of thiophene rings is 1. The van der Waals surface area contributed by atoms with Crippen molar-refractivity contribution in [1.29, 1.82) is 0 Å². The smallest absolute Gasteiger partial charge is 0.240 e. The predicted molar refractivity (Wildman–Crippen MR) is 103 cm³/mol. The fourth-order valence-corrected chi connectivity index (χ4v) is 3.46. The molecule has 0 radical (unpaired) electrons. The van der Waals surface area contributed by atoms with Crippen LogP contribution in [0.25, 0.3) is 0 Å². The number of carbonyl (C=O) groups excluding carboxylic acids is 1. The summed E-state index contributed by atoms with van der Waals surface area (Å²) >= 11 is 1.77. The van der Waals surface area contributed by atoms with Gasteiger partial charge < -0.3 is 0 Å². The van der Waals surface area contributed by atoms with Gasteiger partial charge in [0.2, 0.25) is 5.91 Å². The van der Waals surface area contributed by atoms with E-state index in [0.717, 1.165) is 24.8 Å². The van der Waals surface area contributed by atoms with E-state index in [4.69, 9.17) is 0 Å². The molecule has 0 atom stereocenters. The van der Waals surface area contributed by atoms with Crippen LogP contribution in [0.4, 0.5) is 0 Å². The quantitative estimate of drug-likeness (QED) is 0.436. The number of rotatable bonds is 7. The molecule has 24 heavy (non-hydrogen) atoms. The SMILES string of the molecule is Cc1cc(C)c(C)c(/C=N\NC(=O)CCCCc2cccs2)c1C. The van der Waals surface area contributed by atoms with Crippen molar-refractivity contribution in [3.8, 4) is 0 Å². The number of amides is 1. The van der Waals surface area contributed by atoms with E-state index in [9.17, 15) is 4.79 Å². The molecule has 1 N–H and O–H groups in total. The molecule has 2 rings (SSSR count). The summed E-state index contributed by atoms with van der Waals surface area (Å²) in [7, 11) is 0. The normalized spacial score (nSPS) is 11.2. The fraction of sp³-hybridized carbons (Fsp3) is 0.400. The molecule has 0 fully saturated rings. The summed E-state index contributed by atoms with van der Waals surface area (Å²) in [5, 5.41) is 6.24. The zero-order chi connectivity index (χ0) is 17.5. The number of benzene rings is 1. The first-order chi connectivity index (χ1) is 11.5. The van der Waals surface area contributed by atoms with Crippen molar-refractivity contribution in [2.24, 2.45) is 5.10 Å². The van der Waals surface area contributed by atoms with Gasteiger partial charge in [0.1, 0.15) is 0 Å². The zero-order valence-corrected chi connectivity index (χ0v) is 15.8. The van der Waals surface area contributed by atoms with Crippen molar-refractivity contribution < 1.29 is 4.79 Å². The summed E-state index contributed by atoms with van der Waals surface area (Å²) < 4.78 is 0. The number of nitrogens with zero attached hydrogens (tertiary/aromatic N) is 1. The maximum atomic E-state index is 11.9. The maximum Gasteiger partial charge on any atom is 0.240 e.